The standard InChI is InChI=1S/C22H15Cl2N3O4S/c1-11(21(30)31)26-8-7-13-9-12(5-6-16(13)26)10-14-19(28)25-22(32)27(20(14)29)17-4-2-3-15(23)18(17)24/h2-11H,1H3,(H,30,31)(H,25,28,32). The van der Waals surface area contributed by atoms with Crippen molar-refractivity contribution >= 4 is 81.0 Å². The fraction of sp³-hybridized carbons (Fsp3) is 0.0909. The number of hydrogen-bond donors (Lipinski definition) is 2. The lowest BCUT2D eigenvalue weighted by atomic mass is 10.1. The maximum atomic E-state index is 13.2. The summed E-state index contributed by atoms with van der Waals surface area (Å²) in [6.45, 7) is 1.58. The molecule has 1 aliphatic rings. The first-order valence-electron chi connectivity index (χ1n) is 9.38. The monoisotopic (exact) mass is 487 g/mol. The number of thiocarbonyl (C=S) groups is 1. The van der Waals surface area contributed by atoms with Gasteiger partial charge in [0.2, 0.25) is 0 Å². The zero-order valence-electron chi connectivity index (χ0n) is 16.5. The Hall–Kier alpha value is -3.20. The molecule has 1 fully saturated rings. The zero-order chi connectivity index (χ0) is 23.2. The van der Waals surface area contributed by atoms with Crippen LogP contribution in [0.2, 0.25) is 10.0 Å². The number of carbonyl (C=O) groups is 3. The number of carbonyl (C=O) groups excluding carboxylic acids is 2. The molecule has 1 atom stereocenters. The van der Waals surface area contributed by atoms with Crippen LogP contribution in [0.15, 0.2) is 54.2 Å². The van der Waals surface area contributed by atoms with Crippen molar-refractivity contribution in [3.8, 4) is 0 Å². The van der Waals surface area contributed by atoms with Crippen LogP contribution in [0.3, 0.4) is 0 Å². The maximum absolute atomic E-state index is 13.2. The number of benzene rings is 2. The van der Waals surface area contributed by atoms with Crippen molar-refractivity contribution in [1.29, 1.82) is 0 Å². The van der Waals surface area contributed by atoms with Crippen molar-refractivity contribution in [2.75, 3.05) is 4.90 Å². The van der Waals surface area contributed by atoms with Crippen molar-refractivity contribution in [2.24, 2.45) is 0 Å². The van der Waals surface area contributed by atoms with E-state index in [9.17, 15) is 19.5 Å². The number of halogens is 2. The van der Waals surface area contributed by atoms with Crippen LogP contribution in [-0.2, 0) is 14.4 Å². The normalized spacial score (nSPS) is 16.5. The van der Waals surface area contributed by atoms with Crippen molar-refractivity contribution in [3.63, 3.8) is 0 Å². The van der Waals surface area contributed by atoms with Crippen LogP contribution < -0.4 is 10.2 Å². The van der Waals surface area contributed by atoms with Crippen LogP contribution in [0.1, 0.15) is 18.5 Å². The van der Waals surface area contributed by atoms with Crippen molar-refractivity contribution in [3.05, 3.63) is 69.8 Å². The van der Waals surface area contributed by atoms with E-state index in [0.717, 1.165) is 15.8 Å². The van der Waals surface area contributed by atoms with Gasteiger partial charge in [0.05, 0.1) is 15.7 Å². The molecule has 2 N–H and O–H groups in total. The van der Waals surface area contributed by atoms with Gasteiger partial charge in [-0.2, -0.15) is 0 Å². The molecule has 4 rings (SSSR count). The largest absolute Gasteiger partial charge is 0.480 e. The number of rotatable bonds is 4. The maximum Gasteiger partial charge on any atom is 0.326 e. The van der Waals surface area contributed by atoms with Gasteiger partial charge in [0.15, 0.2) is 5.11 Å². The van der Waals surface area contributed by atoms with Crippen LogP contribution >= 0.6 is 35.4 Å². The number of anilines is 1. The molecule has 1 unspecified atom stereocenters. The smallest absolute Gasteiger partial charge is 0.326 e. The van der Waals surface area contributed by atoms with Crippen molar-refractivity contribution in [1.82, 2.24) is 9.88 Å². The third-order valence-electron chi connectivity index (χ3n) is 5.10. The SMILES string of the molecule is CC(C(=O)O)n1ccc2cc(C=C3C(=O)NC(=S)N(c4cccc(Cl)c4Cl)C3=O)ccc21. The third-order valence-corrected chi connectivity index (χ3v) is 6.20. The van der Waals surface area contributed by atoms with Crippen LogP contribution in [-0.4, -0.2) is 32.6 Å². The molecular formula is C22H15Cl2N3O4S. The summed E-state index contributed by atoms with van der Waals surface area (Å²) in [4.78, 5) is 38.2. The predicted molar refractivity (Wildman–Crippen MR) is 127 cm³/mol. The van der Waals surface area contributed by atoms with Crippen LogP contribution in [0.5, 0.6) is 0 Å². The summed E-state index contributed by atoms with van der Waals surface area (Å²) in [6, 6.07) is 11.0. The number of hydrogen-bond acceptors (Lipinski definition) is 4. The van der Waals surface area contributed by atoms with Crippen LogP contribution in [0.4, 0.5) is 5.69 Å². The van der Waals surface area contributed by atoms with Crippen LogP contribution in [0, 0.1) is 0 Å². The van der Waals surface area contributed by atoms with Gasteiger partial charge in [-0.15, -0.1) is 0 Å². The van der Waals surface area contributed by atoms with Crippen molar-refractivity contribution < 1.29 is 19.5 Å². The lowest BCUT2D eigenvalue weighted by Gasteiger charge is -2.29. The molecule has 1 aromatic heterocycles. The number of aliphatic carboxylic acids is 1. The Labute approximate surface area is 197 Å². The summed E-state index contributed by atoms with van der Waals surface area (Å²) in [7, 11) is 0. The average Bonchev–Trinajstić information content (AvgIpc) is 3.16. The molecule has 3 aromatic rings. The highest BCUT2D eigenvalue weighted by Gasteiger charge is 2.35. The molecule has 7 nitrogen and oxygen atoms in total. The van der Waals surface area contributed by atoms with E-state index in [1.54, 1.807) is 60.2 Å². The molecule has 0 radical (unpaired) electrons. The molecule has 1 saturated heterocycles. The van der Waals surface area contributed by atoms with E-state index in [-0.39, 0.29) is 26.4 Å². The van der Waals surface area contributed by atoms with E-state index in [4.69, 9.17) is 35.4 Å². The Morgan fingerprint density at radius 3 is 2.66 bits per heavy atom. The molecule has 32 heavy (non-hydrogen) atoms. The van der Waals surface area contributed by atoms with Crippen molar-refractivity contribution in [2.45, 2.75) is 13.0 Å². The number of nitrogens with one attached hydrogen (secondary N) is 1. The highest BCUT2D eigenvalue weighted by molar-refractivity contribution is 7.80. The van der Waals surface area contributed by atoms with Gasteiger partial charge >= 0.3 is 5.97 Å². The van der Waals surface area contributed by atoms with Gasteiger partial charge in [-0.25, -0.2) is 4.79 Å². The molecule has 0 aliphatic carbocycles. The highest BCUT2D eigenvalue weighted by Crippen LogP contribution is 2.34. The summed E-state index contributed by atoms with van der Waals surface area (Å²) in [5, 5.41) is 12.8. The van der Waals surface area contributed by atoms with E-state index in [2.05, 4.69) is 5.32 Å². The summed E-state index contributed by atoms with van der Waals surface area (Å²) in [6.07, 6.45) is 3.13. The van der Waals surface area contributed by atoms with Gasteiger partial charge < -0.3 is 9.67 Å². The van der Waals surface area contributed by atoms with Gasteiger partial charge in [-0.3, -0.25) is 19.8 Å². The van der Waals surface area contributed by atoms with Gasteiger partial charge in [0.25, 0.3) is 11.8 Å². The number of carboxylic acid groups (broad SMARTS) is 1. The second kappa shape index (κ2) is 8.38. The number of fused-ring (bicyclic) bond motifs is 1. The molecule has 0 bridgehead atoms. The lowest BCUT2D eigenvalue weighted by Crippen LogP contribution is -2.54. The highest BCUT2D eigenvalue weighted by atomic mass is 35.5. The fourth-order valence-electron chi connectivity index (χ4n) is 3.44. The van der Waals surface area contributed by atoms with E-state index < -0.39 is 23.8 Å². The number of carboxylic acids is 1. The second-order valence-corrected chi connectivity index (χ2v) is 8.26. The quantitative estimate of drug-likeness (QED) is 0.322. The second-order valence-electron chi connectivity index (χ2n) is 7.09. The summed E-state index contributed by atoms with van der Waals surface area (Å²) in [5.74, 6) is -2.22. The Kier molecular flexibility index (Phi) is 5.77. The molecule has 0 saturated carbocycles. The first-order chi connectivity index (χ1) is 15.2. The number of amides is 2. The van der Waals surface area contributed by atoms with Gasteiger partial charge in [-0.1, -0.05) is 35.3 Å². The van der Waals surface area contributed by atoms with Gasteiger partial charge in [0.1, 0.15) is 11.6 Å². The van der Waals surface area contributed by atoms with E-state index in [1.165, 1.54) is 6.08 Å². The molecule has 2 heterocycles. The minimum Gasteiger partial charge on any atom is -0.480 e. The minimum atomic E-state index is -0.950. The fourth-order valence-corrected chi connectivity index (χ4v) is 4.09. The summed E-state index contributed by atoms with van der Waals surface area (Å²) >= 11 is 17.5. The Balaban J connectivity index is 1.74. The minimum absolute atomic E-state index is 0.100. The summed E-state index contributed by atoms with van der Waals surface area (Å²) in [5.41, 5.74) is 1.43. The lowest BCUT2D eigenvalue weighted by molar-refractivity contribution is -0.140. The Bertz CT molecular complexity index is 1350. The first-order valence-corrected chi connectivity index (χ1v) is 10.5. The molecule has 10 heteroatoms. The molecule has 2 amide bonds. The summed E-state index contributed by atoms with van der Waals surface area (Å²) < 4.78 is 1.63. The molecule has 0 spiro atoms. The Morgan fingerprint density at radius 1 is 1.19 bits per heavy atom. The predicted octanol–water partition coefficient (Wildman–Crippen LogP) is 4.43. The number of nitrogens with zero attached hydrogens (tertiary/aromatic N) is 2. The van der Waals surface area contributed by atoms with E-state index in [1.807, 2.05) is 0 Å². The van der Waals surface area contributed by atoms with E-state index >= 15 is 0 Å². The average molecular weight is 488 g/mol. The first kappa shape index (κ1) is 22.0. The molecular weight excluding hydrogens is 473 g/mol. The third kappa shape index (κ3) is 3.77. The Morgan fingerprint density at radius 2 is 1.94 bits per heavy atom. The van der Waals surface area contributed by atoms with Gasteiger partial charge in [-0.05, 0) is 61.1 Å². The number of aromatic nitrogens is 1. The molecule has 162 valence electrons. The van der Waals surface area contributed by atoms with Crippen LogP contribution in [0.25, 0.3) is 17.0 Å². The molecule has 1 aliphatic heterocycles. The molecule has 2 aromatic carbocycles. The van der Waals surface area contributed by atoms with E-state index in [0.29, 0.717) is 5.56 Å². The van der Waals surface area contributed by atoms with Gasteiger partial charge in [0, 0.05) is 17.1 Å². The zero-order valence-corrected chi connectivity index (χ0v) is 18.8. The topological polar surface area (TPSA) is 91.6 Å².